The third-order valence-corrected chi connectivity index (χ3v) is 5.14. The smallest absolute Gasteiger partial charge is 0.340 e. The van der Waals surface area contributed by atoms with E-state index >= 15 is 0 Å². The Morgan fingerprint density at radius 2 is 2.00 bits per heavy atom. The van der Waals surface area contributed by atoms with E-state index in [9.17, 15) is 19.7 Å². The number of Topliss-reactive ketones (excluding diaryl/α,β-unsaturated/α-hetero) is 1. The normalized spacial score (nSPS) is 20.5. The molecular formula is C21H24N2O7. The summed E-state index contributed by atoms with van der Waals surface area (Å²) in [6, 6.07) is 5.97. The molecule has 3 rings (SSSR count). The third kappa shape index (κ3) is 4.06. The van der Waals surface area contributed by atoms with Crippen LogP contribution in [0.4, 0.5) is 5.69 Å². The molecule has 1 atom stereocenters. The molecule has 0 amide bonds. The summed E-state index contributed by atoms with van der Waals surface area (Å²) < 4.78 is 15.8. The molecular weight excluding hydrogens is 392 g/mol. The lowest BCUT2D eigenvalue weighted by Gasteiger charge is -2.37. The second-order valence-electron chi connectivity index (χ2n) is 8.04. The number of nitrogens with two attached hydrogens (primary N) is 1. The standard InChI is InChI=1S/C21H24N2O7/c1-21(2)10-14(24)17-15(11-21)30-19(22)18(20(25)29-9-8-28-3)16(17)12-6-4-5-7-13(12)23(26)27/h4-7,16H,8-11,22H2,1-3H3. The number of nitrogens with zero attached hydrogens (tertiary/aromatic N) is 1. The molecule has 9 nitrogen and oxygen atoms in total. The highest BCUT2D eigenvalue weighted by Crippen LogP contribution is 2.49. The number of para-hydroxylation sites is 1. The van der Waals surface area contributed by atoms with E-state index in [1.165, 1.54) is 25.3 Å². The lowest BCUT2D eigenvalue weighted by Crippen LogP contribution is -2.36. The molecule has 0 aromatic heterocycles. The van der Waals surface area contributed by atoms with Crippen molar-refractivity contribution < 1.29 is 28.7 Å². The summed E-state index contributed by atoms with van der Waals surface area (Å²) in [7, 11) is 1.46. The van der Waals surface area contributed by atoms with Crippen LogP contribution in [0.2, 0.25) is 0 Å². The summed E-state index contributed by atoms with van der Waals surface area (Å²) >= 11 is 0. The Labute approximate surface area is 173 Å². The molecule has 0 saturated heterocycles. The zero-order chi connectivity index (χ0) is 22.1. The minimum absolute atomic E-state index is 0.0391. The van der Waals surface area contributed by atoms with Gasteiger partial charge in [-0.05, 0) is 5.41 Å². The van der Waals surface area contributed by atoms with Crippen LogP contribution in [-0.4, -0.2) is 37.0 Å². The minimum atomic E-state index is -1.05. The summed E-state index contributed by atoms with van der Waals surface area (Å²) in [6.45, 7) is 3.97. The van der Waals surface area contributed by atoms with Crippen LogP contribution in [0, 0.1) is 15.5 Å². The number of hydrogen-bond donors (Lipinski definition) is 1. The number of hydrogen-bond acceptors (Lipinski definition) is 8. The molecule has 160 valence electrons. The second kappa shape index (κ2) is 8.27. The first-order valence-electron chi connectivity index (χ1n) is 9.49. The van der Waals surface area contributed by atoms with Crippen LogP contribution in [0.15, 0.2) is 47.1 Å². The van der Waals surface area contributed by atoms with Gasteiger partial charge >= 0.3 is 5.97 Å². The van der Waals surface area contributed by atoms with Gasteiger partial charge in [0.25, 0.3) is 5.69 Å². The fraction of sp³-hybridized carbons (Fsp3) is 0.429. The highest BCUT2D eigenvalue weighted by Gasteiger charge is 2.46. The SMILES string of the molecule is COCCOC(=O)C1=C(N)OC2=C(C(=O)CC(C)(C)C2)C1c1ccccc1[N+](=O)[O-]. The maximum absolute atomic E-state index is 13.1. The van der Waals surface area contributed by atoms with Gasteiger partial charge in [-0.15, -0.1) is 0 Å². The molecule has 1 aliphatic carbocycles. The van der Waals surface area contributed by atoms with Crippen molar-refractivity contribution in [2.75, 3.05) is 20.3 Å². The summed E-state index contributed by atoms with van der Waals surface area (Å²) in [4.78, 5) is 37.1. The average Bonchev–Trinajstić information content (AvgIpc) is 2.65. The van der Waals surface area contributed by atoms with Gasteiger partial charge in [0.05, 0.1) is 17.4 Å². The van der Waals surface area contributed by atoms with E-state index in [2.05, 4.69) is 0 Å². The van der Waals surface area contributed by atoms with E-state index in [1.807, 2.05) is 13.8 Å². The number of allylic oxidation sites excluding steroid dienone is 2. The Bertz CT molecular complexity index is 962. The van der Waals surface area contributed by atoms with Crippen molar-refractivity contribution in [1.82, 2.24) is 0 Å². The first-order chi connectivity index (χ1) is 14.2. The van der Waals surface area contributed by atoms with Crippen molar-refractivity contribution in [3.63, 3.8) is 0 Å². The molecule has 9 heteroatoms. The lowest BCUT2D eigenvalue weighted by molar-refractivity contribution is -0.385. The van der Waals surface area contributed by atoms with Gasteiger partial charge < -0.3 is 19.9 Å². The number of nitro benzene ring substituents is 1. The lowest BCUT2D eigenvalue weighted by atomic mass is 9.70. The molecule has 1 aromatic rings. The zero-order valence-electron chi connectivity index (χ0n) is 17.1. The number of nitro groups is 1. The average molecular weight is 416 g/mol. The van der Waals surface area contributed by atoms with Gasteiger partial charge in [-0.3, -0.25) is 14.9 Å². The molecule has 30 heavy (non-hydrogen) atoms. The van der Waals surface area contributed by atoms with Gasteiger partial charge in [0, 0.05) is 37.2 Å². The molecule has 0 saturated carbocycles. The van der Waals surface area contributed by atoms with Crippen LogP contribution in [0.25, 0.3) is 0 Å². The predicted molar refractivity (Wildman–Crippen MR) is 106 cm³/mol. The topological polar surface area (TPSA) is 131 Å². The molecule has 1 unspecified atom stereocenters. The van der Waals surface area contributed by atoms with Crippen molar-refractivity contribution in [2.45, 2.75) is 32.6 Å². The predicted octanol–water partition coefficient (Wildman–Crippen LogP) is 2.71. The van der Waals surface area contributed by atoms with Gasteiger partial charge in [0.2, 0.25) is 5.88 Å². The van der Waals surface area contributed by atoms with Gasteiger partial charge in [0.1, 0.15) is 17.9 Å². The Balaban J connectivity index is 2.17. The fourth-order valence-corrected chi connectivity index (χ4v) is 3.89. The molecule has 1 heterocycles. The molecule has 1 aromatic carbocycles. The van der Waals surface area contributed by atoms with Gasteiger partial charge in [-0.25, -0.2) is 4.79 Å². The van der Waals surface area contributed by atoms with Crippen LogP contribution in [0.1, 0.15) is 38.2 Å². The van der Waals surface area contributed by atoms with Crippen molar-refractivity contribution in [3.8, 4) is 0 Å². The second-order valence-corrected chi connectivity index (χ2v) is 8.04. The number of methoxy groups -OCH3 is 1. The van der Waals surface area contributed by atoms with E-state index < -0.39 is 16.8 Å². The summed E-state index contributed by atoms with van der Waals surface area (Å²) in [5, 5.41) is 11.7. The third-order valence-electron chi connectivity index (χ3n) is 5.14. The zero-order valence-corrected chi connectivity index (χ0v) is 17.1. The Morgan fingerprint density at radius 1 is 1.30 bits per heavy atom. The number of ether oxygens (including phenoxy) is 3. The molecule has 0 fully saturated rings. The monoisotopic (exact) mass is 416 g/mol. The van der Waals surface area contributed by atoms with Crippen LogP contribution < -0.4 is 5.73 Å². The largest absolute Gasteiger partial charge is 0.460 e. The summed E-state index contributed by atoms with van der Waals surface area (Å²) in [6.07, 6.45) is 0.635. The first kappa shape index (κ1) is 21.5. The number of esters is 1. The van der Waals surface area contributed by atoms with Gasteiger partial charge in [-0.1, -0.05) is 32.0 Å². The highest BCUT2D eigenvalue weighted by atomic mass is 16.6. The molecule has 2 N–H and O–H groups in total. The number of benzene rings is 1. The van der Waals surface area contributed by atoms with Gasteiger partial charge in [0.15, 0.2) is 5.78 Å². The Morgan fingerprint density at radius 3 is 2.67 bits per heavy atom. The summed E-state index contributed by atoms with van der Waals surface area (Å²) in [5.41, 5.74) is 5.80. The first-order valence-corrected chi connectivity index (χ1v) is 9.49. The van der Waals surface area contributed by atoms with Crippen LogP contribution in [0.3, 0.4) is 0 Å². The quantitative estimate of drug-likeness (QED) is 0.324. The number of rotatable bonds is 6. The molecule has 0 radical (unpaired) electrons. The van der Waals surface area contributed by atoms with Crippen molar-refractivity contribution in [3.05, 3.63) is 62.7 Å². The Hall–Kier alpha value is -3.20. The van der Waals surface area contributed by atoms with E-state index in [0.29, 0.717) is 12.2 Å². The van der Waals surface area contributed by atoms with Crippen molar-refractivity contribution in [2.24, 2.45) is 11.1 Å². The van der Waals surface area contributed by atoms with Crippen LogP contribution in [-0.2, 0) is 23.8 Å². The number of carbonyl (C=O) groups excluding carboxylic acids is 2. The minimum Gasteiger partial charge on any atom is -0.460 e. The number of carbonyl (C=O) groups is 2. The van der Waals surface area contributed by atoms with Crippen molar-refractivity contribution in [1.29, 1.82) is 0 Å². The van der Waals surface area contributed by atoms with E-state index in [0.717, 1.165) is 0 Å². The maximum Gasteiger partial charge on any atom is 0.340 e. The summed E-state index contributed by atoms with van der Waals surface area (Å²) in [5.74, 6) is -1.97. The fourth-order valence-electron chi connectivity index (χ4n) is 3.89. The van der Waals surface area contributed by atoms with Crippen LogP contribution >= 0.6 is 0 Å². The van der Waals surface area contributed by atoms with Crippen LogP contribution in [0.5, 0.6) is 0 Å². The molecule has 0 bridgehead atoms. The van der Waals surface area contributed by atoms with Crippen molar-refractivity contribution >= 4 is 17.4 Å². The molecule has 0 spiro atoms. The van der Waals surface area contributed by atoms with E-state index in [4.69, 9.17) is 19.9 Å². The van der Waals surface area contributed by atoms with Gasteiger partial charge in [-0.2, -0.15) is 0 Å². The highest BCUT2D eigenvalue weighted by molar-refractivity contribution is 6.04. The van der Waals surface area contributed by atoms with E-state index in [-0.39, 0.29) is 59.1 Å². The maximum atomic E-state index is 13.1. The molecule has 1 aliphatic heterocycles. The number of ketones is 1. The Kier molecular flexibility index (Phi) is 5.93. The molecule has 2 aliphatic rings. The van der Waals surface area contributed by atoms with E-state index in [1.54, 1.807) is 6.07 Å².